The molecule has 0 unspecified atom stereocenters. The first-order valence-electron chi connectivity index (χ1n) is 4.80. The first-order chi connectivity index (χ1) is 7.85. The van der Waals surface area contributed by atoms with Gasteiger partial charge in [-0.15, -0.1) is 0 Å². The molecule has 1 heterocycles. The third-order valence-corrected chi connectivity index (χ3v) is 2.23. The average molecular weight is 217 g/mol. The van der Waals surface area contributed by atoms with Crippen molar-refractivity contribution in [3.05, 3.63) is 29.8 Å². The van der Waals surface area contributed by atoms with Crippen molar-refractivity contribution < 1.29 is 9.53 Å². The standard InChI is InChI=1S/C11H11N3O2/c1-16-10-5-3-2-4-8(10)9-6-12-11(7-15)14-13-9/h2-5,7H,6H2,1H3,(H,12,14). The summed E-state index contributed by atoms with van der Waals surface area (Å²) in [6.07, 6.45) is 0.641. The number of carbonyl (C=O) groups excluding carboxylic acids is 1. The monoisotopic (exact) mass is 217 g/mol. The van der Waals surface area contributed by atoms with Gasteiger partial charge in [0.25, 0.3) is 0 Å². The Balaban J connectivity index is 2.26. The van der Waals surface area contributed by atoms with Gasteiger partial charge in [-0.2, -0.15) is 5.10 Å². The van der Waals surface area contributed by atoms with Gasteiger partial charge < -0.3 is 4.74 Å². The van der Waals surface area contributed by atoms with Gasteiger partial charge in [0.15, 0.2) is 12.1 Å². The van der Waals surface area contributed by atoms with Crippen molar-refractivity contribution in [3.8, 4) is 5.75 Å². The number of ether oxygens (including phenoxy) is 1. The zero-order chi connectivity index (χ0) is 11.4. The molecule has 0 saturated carbocycles. The van der Waals surface area contributed by atoms with Crippen molar-refractivity contribution in [1.82, 2.24) is 5.43 Å². The minimum Gasteiger partial charge on any atom is -0.496 e. The van der Waals surface area contributed by atoms with Crippen LogP contribution in [0.3, 0.4) is 0 Å². The molecule has 0 radical (unpaired) electrons. The van der Waals surface area contributed by atoms with Crippen LogP contribution >= 0.6 is 0 Å². The molecule has 0 fully saturated rings. The Bertz CT molecular complexity index is 466. The summed E-state index contributed by atoms with van der Waals surface area (Å²) in [5, 5.41) is 4.09. The van der Waals surface area contributed by atoms with Crippen molar-refractivity contribution in [2.24, 2.45) is 10.1 Å². The second-order valence-electron chi connectivity index (χ2n) is 3.19. The molecule has 0 aromatic heterocycles. The highest BCUT2D eigenvalue weighted by atomic mass is 16.5. The summed E-state index contributed by atoms with van der Waals surface area (Å²) < 4.78 is 5.23. The second-order valence-corrected chi connectivity index (χ2v) is 3.19. The number of aliphatic imine (C=N–C) groups is 1. The largest absolute Gasteiger partial charge is 0.496 e. The van der Waals surface area contributed by atoms with E-state index >= 15 is 0 Å². The zero-order valence-corrected chi connectivity index (χ0v) is 8.80. The number of hydrogen-bond donors (Lipinski definition) is 1. The number of aldehydes is 1. The number of nitrogens with one attached hydrogen (secondary N) is 1. The zero-order valence-electron chi connectivity index (χ0n) is 8.80. The highest BCUT2D eigenvalue weighted by Crippen LogP contribution is 2.18. The number of carbonyl (C=O) groups is 1. The Labute approximate surface area is 92.8 Å². The Morgan fingerprint density at radius 2 is 2.25 bits per heavy atom. The fourth-order valence-corrected chi connectivity index (χ4v) is 1.45. The van der Waals surface area contributed by atoms with Gasteiger partial charge in [-0.25, -0.2) is 0 Å². The molecule has 1 aliphatic rings. The minimum absolute atomic E-state index is 0.249. The predicted octanol–water partition coefficient (Wildman–Crippen LogP) is 0.600. The molecule has 2 rings (SSSR count). The highest BCUT2D eigenvalue weighted by Gasteiger charge is 2.13. The molecular weight excluding hydrogens is 206 g/mol. The van der Waals surface area contributed by atoms with Gasteiger partial charge in [-0.05, 0) is 12.1 Å². The molecule has 5 heteroatoms. The van der Waals surface area contributed by atoms with Crippen LogP contribution in [0.1, 0.15) is 5.56 Å². The lowest BCUT2D eigenvalue weighted by molar-refractivity contribution is -0.102. The maximum atomic E-state index is 10.4. The van der Waals surface area contributed by atoms with Gasteiger partial charge in [-0.1, -0.05) is 12.1 Å². The first kappa shape index (κ1) is 10.4. The van der Waals surface area contributed by atoms with Crippen LogP contribution in [0.2, 0.25) is 0 Å². The summed E-state index contributed by atoms with van der Waals surface area (Å²) in [6, 6.07) is 7.55. The quantitative estimate of drug-likeness (QED) is 0.754. The normalized spacial score (nSPS) is 14.6. The molecule has 5 nitrogen and oxygen atoms in total. The SMILES string of the molecule is COc1ccccc1C1=NNC(C=O)=NC1. The van der Waals surface area contributed by atoms with Crippen LogP contribution in [0.5, 0.6) is 5.75 Å². The summed E-state index contributed by atoms with van der Waals surface area (Å²) >= 11 is 0. The van der Waals surface area contributed by atoms with E-state index in [-0.39, 0.29) is 5.84 Å². The highest BCUT2D eigenvalue weighted by molar-refractivity contribution is 6.28. The molecule has 0 aliphatic carbocycles. The van der Waals surface area contributed by atoms with E-state index in [4.69, 9.17) is 4.74 Å². The van der Waals surface area contributed by atoms with E-state index in [1.165, 1.54) is 0 Å². The Morgan fingerprint density at radius 1 is 1.44 bits per heavy atom. The van der Waals surface area contributed by atoms with Crippen molar-refractivity contribution in [2.45, 2.75) is 0 Å². The van der Waals surface area contributed by atoms with Crippen LogP contribution in [-0.4, -0.2) is 31.5 Å². The third kappa shape index (κ3) is 1.93. The summed E-state index contributed by atoms with van der Waals surface area (Å²) in [6.45, 7) is 0.376. The second kappa shape index (κ2) is 4.57. The molecule has 0 spiro atoms. The summed E-state index contributed by atoms with van der Waals surface area (Å²) in [5.74, 6) is 0.992. The van der Waals surface area contributed by atoms with Crippen LogP contribution < -0.4 is 10.2 Å². The molecule has 1 aromatic carbocycles. The molecule has 0 amide bonds. The van der Waals surface area contributed by atoms with Gasteiger partial charge in [0, 0.05) is 5.56 Å². The fraction of sp³-hybridized carbons (Fsp3) is 0.182. The molecule has 0 atom stereocenters. The number of hydrogen-bond acceptors (Lipinski definition) is 5. The van der Waals surface area contributed by atoms with E-state index in [2.05, 4.69) is 15.5 Å². The van der Waals surface area contributed by atoms with Gasteiger partial charge in [-0.3, -0.25) is 15.2 Å². The van der Waals surface area contributed by atoms with Crippen LogP contribution in [0.4, 0.5) is 0 Å². The lowest BCUT2D eigenvalue weighted by Crippen LogP contribution is -2.28. The molecule has 0 bridgehead atoms. The Hall–Kier alpha value is -2.17. The summed E-state index contributed by atoms with van der Waals surface area (Å²) in [4.78, 5) is 14.5. The first-order valence-corrected chi connectivity index (χ1v) is 4.80. The number of amidine groups is 1. The minimum atomic E-state index is 0.249. The van der Waals surface area contributed by atoms with Crippen LogP contribution in [-0.2, 0) is 4.79 Å². The third-order valence-electron chi connectivity index (χ3n) is 2.23. The van der Waals surface area contributed by atoms with E-state index in [0.717, 1.165) is 17.0 Å². The number of methoxy groups -OCH3 is 1. The van der Waals surface area contributed by atoms with E-state index < -0.39 is 0 Å². The Kier molecular flexibility index (Phi) is 2.95. The Morgan fingerprint density at radius 3 is 2.88 bits per heavy atom. The van der Waals surface area contributed by atoms with Gasteiger partial charge in [0.2, 0.25) is 0 Å². The maximum absolute atomic E-state index is 10.4. The molecule has 82 valence electrons. The molecule has 0 saturated heterocycles. The van der Waals surface area contributed by atoms with Crippen molar-refractivity contribution in [2.75, 3.05) is 13.7 Å². The molecule has 1 aliphatic heterocycles. The van der Waals surface area contributed by atoms with E-state index in [9.17, 15) is 4.79 Å². The van der Waals surface area contributed by atoms with Crippen LogP contribution in [0, 0.1) is 0 Å². The van der Waals surface area contributed by atoms with Crippen molar-refractivity contribution in [3.63, 3.8) is 0 Å². The summed E-state index contributed by atoms with van der Waals surface area (Å²) in [7, 11) is 1.61. The topological polar surface area (TPSA) is 63.0 Å². The molecular formula is C11H11N3O2. The molecule has 1 aromatic rings. The number of benzene rings is 1. The molecule has 1 N–H and O–H groups in total. The predicted molar refractivity (Wildman–Crippen MR) is 61.0 cm³/mol. The van der Waals surface area contributed by atoms with Gasteiger partial charge in [0.1, 0.15) is 5.75 Å². The average Bonchev–Trinajstić information content (AvgIpc) is 2.39. The summed E-state index contributed by atoms with van der Waals surface area (Å²) in [5.41, 5.74) is 4.22. The van der Waals surface area contributed by atoms with Crippen molar-refractivity contribution in [1.29, 1.82) is 0 Å². The number of para-hydroxylation sites is 1. The van der Waals surface area contributed by atoms with E-state index in [1.54, 1.807) is 7.11 Å². The smallest absolute Gasteiger partial charge is 0.186 e. The van der Waals surface area contributed by atoms with E-state index in [1.807, 2.05) is 24.3 Å². The maximum Gasteiger partial charge on any atom is 0.186 e. The van der Waals surface area contributed by atoms with Gasteiger partial charge in [0.05, 0.1) is 19.4 Å². The van der Waals surface area contributed by atoms with E-state index in [0.29, 0.717) is 12.8 Å². The lowest BCUT2D eigenvalue weighted by atomic mass is 10.1. The molecule has 16 heavy (non-hydrogen) atoms. The van der Waals surface area contributed by atoms with Crippen LogP contribution in [0.15, 0.2) is 34.4 Å². The lowest BCUT2D eigenvalue weighted by Gasteiger charge is -2.13. The number of hydrazone groups is 1. The number of rotatable bonds is 3. The fourth-order valence-electron chi connectivity index (χ4n) is 1.45. The number of nitrogens with zero attached hydrogens (tertiary/aromatic N) is 2. The van der Waals surface area contributed by atoms with Crippen LogP contribution in [0.25, 0.3) is 0 Å². The van der Waals surface area contributed by atoms with Gasteiger partial charge >= 0.3 is 0 Å². The van der Waals surface area contributed by atoms with Crippen molar-refractivity contribution >= 4 is 17.8 Å².